The van der Waals surface area contributed by atoms with Crippen LogP contribution in [-0.4, -0.2) is 23.1 Å². The lowest BCUT2D eigenvalue weighted by atomic mass is 9.92. The number of piperidine rings is 1. The Balaban J connectivity index is 2.02. The molecule has 0 saturated carbocycles. The van der Waals surface area contributed by atoms with Crippen LogP contribution >= 0.6 is 15.9 Å². The standard InChI is InChI=1S/C15H24BrN3/c1-3-5-12-7-9-19(10-8-12)15-11-13(16)17-14(18-15)6-4-2/h11-12H,3-10H2,1-2H3. The Morgan fingerprint density at radius 2 is 1.95 bits per heavy atom. The van der Waals surface area contributed by atoms with Crippen LogP contribution in [0.5, 0.6) is 0 Å². The largest absolute Gasteiger partial charge is 0.356 e. The minimum Gasteiger partial charge on any atom is -0.356 e. The van der Waals surface area contributed by atoms with Gasteiger partial charge in [-0.25, -0.2) is 9.97 Å². The number of hydrogen-bond donors (Lipinski definition) is 0. The molecule has 1 aliphatic rings. The first-order valence-electron chi connectivity index (χ1n) is 7.51. The van der Waals surface area contributed by atoms with E-state index in [4.69, 9.17) is 4.98 Å². The number of aromatic nitrogens is 2. The molecule has 0 amide bonds. The second-order valence-corrected chi connectivity index (χ2v) is 6.25. The Hall–Kier alpha value is -0.640. The number of nitrogens with zero attached hydrogens (tertiary/aromatic N) is 3. The van der Waals surface area contributed by atoms with Gasteiger partial charge in [0, 0.05) is 25.6 Å². The molecule has 3 nitrogen and oxygen atoms in total. The number of rotatable bonds is 5. The van der Waals surface area contributed by atoms with Crippen LogP contribution in [0.1, 0.15) is 51.8 Å². The Bertz CT molecular complexity index is 400. The highest BCUT2D eigenvalue weighted by atomic mass is 79.9. The summed E-state index contributed by atoms with van der Waals surface area (Å²) < 4.78 is 0.914. The van der Waals surface area contributed by atoms with Gasteiger partial charge in [-0.2, -0.15) is 0 Å². The summed E-state index contributed by atoms with van der Waals surface area (Å²) in [7, 11) is 0. The summed E-state index contributed by atoms with van der Waals surface area (Å²) in [6.07, 6.45) is 7.34. The van der Waals surface area contributed by atoms with E-state index in [9.17, 15) is 0 Å². The fraction of sp³-hybridized carbons (Fsp3) is 0.733. The Morgan fingerprint density at radius 1 is 1.21 bits per heavy atom. The maximum atomic E-state index is 4.70. The van der Waals surface area contributed by atoms with E-state index in [0.717, 1.165) is 48.1 Å². The Kier molecular flexibility index (Phi) is 5.61. The molecule has 19 heavy (non-hydrogen) atoms. The third-order valence-corrected chi connectivity index (χ3v) is 4.24. The number of hydrogen-bond acceptors (Lipinski definition) is 3. The van der Waals surface area contributed by atoms with Gasteiger partial charge in [0.1, 0.15) is 16.2 Å². The molecule has 0 spiro atoms. The highest BCUT2D eigenvalue weighted by molar-refractivity contribution is 9.10. The normalized spacial score (nSPS) is 16.9. The molecule has 1 fully saturated rings. The number of halogens is 1. The molecule has 1 aromatic rings. The molecule has 0 radical (unpaired) electrons. The third-order valence-electron chi connectivity index (χ3n) is 3.84. The van der Waals surface area contributed by atoms with E-state index in [2.05, 4.69) is 45.7 Å². The molecule has 0 unspecified atom stereocenters. The van der Waals surface area contributed by atoms with Crippen LogP contribution in [0, 0.1) is 5.92 Å². The summed E-state index contributed by atoms with van der Waals surface area (Å²) in [5.74, 6) is 2.98. The van der Waals surface area contributed by atoms with E-state index in [0.29, 0.717) is 0 Å². The highest BCUT2D eigenvalue weighted by Crippen LogP contribution is 2.26. The predicted molar refractivity (Wildman–Crippen MR) is 83.6 cm³/mol. The molecule has 0 aliphatic carbocycles. The van der Waals surface area contributed by atoms with Crippen LogP contribution in [0.2, 0.25) is 0 Å². The fourth-order valence-corrected chi connectivity index (χ4v) is 3.22. The molecular weight excluding hydrogens is 302 g/mol. The quantitative estimate of drug-likeness (QED) is 0.759. The van der Waals surface area contributed by atoms with Crippen LogP contribution in [0.3, 0.4) is 0 Å². The van der Waals surface area contributed by atoms with Crippen LogP contribution in [-0.2, 0) is 6.42 Å². The number of aryl methyl sites for hydroxylation is 1. The predicted octanol–water partition coefficient (Wildman–Crippen LogP) is 4.21. The summed E-state index contributed by atoms with van der Waals surface area (Å²) in [6, 6.07) is 2.05. The first-order valence-corrected chi connectivity index (χ1v) is 8.30. The van der Waals surface area contributed by atoms with E-state index < -0.39 is 0 Å². The van der Waals surface area contributed by atoms with Gasteiger partial charge in [-0.3, -0.25) is 0 Å². The summed E-state index contributed by atoms with van der Waals surface area (Å²) in [5.41, 5.74) is 0. The van der Waals surface area contributed by atoms with Crippen molar-refractivity contribution >= 4 is 21.7 Å². The highest BCUT2D eigenvalue weighted by Gasteiger charge is 2.20. The van der Waals surface area contributed by atoms with Crippen LogP contribution in [0.4, 0.5) is 5.82 Å². The zero-order valence-corrected chi connectivity index (χ0v) is 13.6. The van der Waals surface area contributed by atoms with Gasteiger partial charge < -0.3 is 4.90 Å². The molecular formula is C15H24BrN3. The van der Waals surface area contributed by atoms with E-state index in [1.54, 1.807) is 0 Å². The molecule has 0 bridgehead atoms. The third kappa shape index (κ3) is 4.16. The van der Waals surface area contributed by atoms with Gasteiger partial charge in [0.2, 0.25) is 0 Å². The minimum absolute atomic E-state index is 0.914. The summed E-state index contributed by atoms with van der Waals surface area (Å²) in [4.78, 5) is 11.6. The van der Waals surface area contributed by atoms with Crippen molar-refractivity contribution < 1.29 is 0 Å². The molecule has 2 heterocycles. The molecule has 0 atom stereocenters. The lowest BCUT2D eigenvalue weighted by molar-refractivity contribution is 0.377. The van der Waals surface area contributed by atoms with Gasteiger partial charge in [0.25, 0.3) is 0 Å². The van der Waals surface area contributed by atoms with E-state index in [1.165, 1.54) is 25.7 Å². The zero-order valence-electron chi connectivity index (χ0n) is 12.0. The average molecular weight is 326 g/mol. The first-order chi connectivity index (χ1) is 9.22. The molecule has 4 heteroatoms. The van der Waals surface area contributed by atoms with Gasteiger partial charge >= 0.3 is 0 Å². The van der Waals surface area contributed by atoms with Crippen molar-refractivity contribution in [2.45, 2.75) is 52.4 Å². The van der Waals surface area contributed by atoms with Crippen molar-refractivity contribution in [1.82, 2.24) is 9.97 Å². The molecule has 1 aliphatic heterocycles. The van der Waals surface area contributed by atoms with Gasteiger partial charge in [0.05, 0.1) is 0 Å². The van der Waals surface area contributed by atoms with E-state index in [-0.39, 0.29) is 0 Å². The van der Waals surface area contributed by atoms with Crippen molar-refractivity contribution in [3.63, 3.8) is 0 Å². The Labute approximate surface area is 125 Å². The molecule has 0 aromatic carbocycles. The number of anilines is 1. The van der Waals surface area contributed by atoms with Gasteiger partial charge in [-0.1, -0.05) is 26.7 Å². The lowest BCUT2D eigenvalue weighted by Crippen LogP contribution is -2.34. The second-order valence-electron chi connectivity index (χ2n) is 5.43. The maximum Gasteiger partial charge on any atom is 0.133 e. The van der Waals surface area contributed by atoms with Crippen molar-refractivity contribution in [2.24, 2.45) is 5.92 Å². The summed E-state index contributed by atoms with van der Waals surface area (Å²) in [6.45, 7) is 6.73. The van der Waals surface area contributed by atoms with Crippen LogP contribution < -0.4 is 4.90 Å². The smallest absolute Gasteiger partial charge is 0.133 e. The molecule has 1 aromatic heterocycles. The summed E-state index contributed by atoms with van der Waals surface area (Å²) >= 11 is 3.51. The summed E-state index contributed by atoms with van der Waals surface area (Å²) in [5, 5.41) is 0. The van der Waals surface area contributed by atoms with Crippen molar-refractivity contribution in [2.75, 3.05) is 18.0 Å². The van der Waals surface area contributed by atoms with E-state index in [1.807, 2.05) is 0 Å². The van der Waals surface area contributed by atoms with E-state index >= 15 is 0 Å². The van der Waals surface area contributed by atoms with Crippen LogP contribution in [0.25, 0.3) is 0 Å². The van der Waals surface area contributed by atoms with Crippen LogP contribution in [0.15, 0.2) is 10.7 Å². The van der Waals surface area contributed by atoms with Crippen molar-refractivity contribution in [3.05, 3.63) is 16.5 Å². The van der Waals surface area contributed by atoms with Gasteiger partial charge in [-0.05, 0) is 41.1 Å². The monoisotopic (exact) mass is 325 g/mol. The SMILES string of the molecule is CCCc1nc(Br)cc(N2CCC(CCC)CC2)n1. The first kappa shape index (κ1) is 14.8. The topological polar surface area (TPSA) is 29.0 Å². The van der Waals surface area contributed by atoms with Gasteiger partial charge in [0.15, 0.2) is 0 Å². The van der Waals surface area contributed by atoms with Crippen molar-refractivity contribution in [1.29, 1.82) is 0 Å². The Morgan fingerprint density at radius 3 is 2.58 bits per heavy atom. The molecule has 2 rings (SSSR count). The van der Waals surface area contributed by atoms with Crippen molar-refractivity contribution in [3.8, 4) is 0 Å². The average Bonchev–Trinajstić information content (AvgIpc) is 2.40. The van der Waals surface area contributed by atoms with Gasteiger partial charge in [-0.15, -0.1) is 0 Å². The maximum absolute atomic E-state index is 4.70. The fourth-order valence-electron chi connectivity index (χ4n) is 2.81. The minimum atomic E-state index is 0.914. The lowest BCUT2D eigenvalue weighted by Gasteiger charge is -2.32. The molecule has 0 N–H and O–H groups in total. The second kappa shape index (κ2) is 7.22. The zero-order chi connectivity index (χ0) is 13.7. The molecule has 1 saturated heterocycles. The molecule has 106 valence electrons.